The summed E-state index contributed by atoms with van der Waals surface area (Å²) in [5.74, 6) is 2.03. The first kappa shape index (κ1) is 22.8. The van der Waals surface area contributed by atoms with E-state index < -0.39 is 0 Å². The van der Waals surface area contributed by atoms with Crippen molar-refractivity contribution in [2.45, 2.75) is 53.9 Å². The van der Waals surface area contributed by atoms with Gasteiger partial charge in [-0.1, -0.05) is 20.8 Å². The standard InChI is InChI=1S/C24H29BrN2O2S/c1-6-28-20-11-15(10-19(25)22(20)29-7-2)14-27-23-18(13-26)17-9-8-16(24(3,4)5)12-21(17)30-23/h10-11,14,16H,6-9,12H2,1-5H3/t16-/m0/s1. The molecule has 0 unspecified atom stereocenters. The second-order valence-corrected chi connectivity index (χ2v) is 10.5. The van der Waals surface area contributed by atoms with E-state index in [1.165, 1.54) is 10.4 Å². The van der Waals surface area contributed by atoms with E-state index in [0.717, 1.165) is 39.9 Å². The third-order valence-electron chi connectivity index (χ3n) is 5.53. The Morgan fingerprint density at radius 2 is 2.00 bits per heavy atom. The summed E-state index contributed by atoms with van der Waals surface area (Å²) in [4.78, 5) is 6.04. The molecule has 0 saturated carbocycles. The molecular weight excluding hydrogens is 460 g/mol. The maximum Gasteiger partial charge on any atom is 0.175 e. The molecule has 1 aliphatic carbocycles. The predicted octanol–water partition coefficient (Wildman–Crippen LogP) is 7.08. The Kier molecular flexibility index (Phi) is 7.26. The minimum Gasteiger partial charge on any atom is -0.490 e. The summed E-state index contributed by atoms with van der Waals surface area (Å²) in [5, 5.41) is 10.6. The van der Waals surface area contributed by atoms with Crippen molar-refractivity contribution in [3.63, 3.8) is 0 Å². The highest BCUT2D eigenvalue weighted by atomic mass is 79.9. The number of nitrogens with zero attached hydrogens (tertiary/aromatic N) is 2. The van der Waals surface area contributed by atoms with Crippen LogP contribution >= 0.6 is 27.3 Å². The molecule has 1 heterocycles. The lowest BCUT2D eigenvalue weighted by atomic mass is 9.72. The molecule has 1 aliphatic rings. The van der Waals surface area contributed by atoms with Crippen LogP contribution in [0.2, 0.25) is 0 Å². The molecule has 4 nitrogen and oxygen atoms in total. The molecule has 0 radical (unpaired) electrons. The highest BCUT2D eigenvalue weighted by Crippen LogP contribution is 2.45. The van der Waals surface area contributed by atoms with Gasteiger partial charge in [-0.2, -0.15) is 5.26 Å². The van der Waals surface area contributed by atoms with Crippen molar-refractivity contribution < 1.29 is 9.47 Å². The number of hydrogen-bond donors (Lipinski definition) is 0. The second kappa shape index (κ2) is 9.53. The molecule has 0 saturated heterocycles. The summed E-state index contributed by atoms with van der Waals surface area (Å²) in [7, 11) is 0. The van der Waals surface area contributed by atoms with Crippen LogP contribution in [-0.2, 0) is 12.8 Å². The van der Waals surface area contributed by atoms with Gasteiger partial charge in [0, 0.05) is 11.1 Å². The number of hydrogen-bond acceptors (Lipinski definition) is 5. The zero-order chi connectivity index (χ0) is 21.9. The maximum absolute atomic E-state index is 9.78. The van der Waals surface area contributed by atoms with Gasteiger partial charge in [0.25, 0.3) is 0 Å². The molecule has 1 atom stereocenters. The van der Waals surface area contributed by atoms with Gasteiger partial charge >= 0.3 is 0 Å². The summed E-state index contributed by atoms with van der Waals surface area (Å²) < 4.78 is 12.3. The third-order valence-corrected chi connectivity index (χ3v) is 7.29. The Bertz CT molecular complexity index is 983. The highest BCUT2D eigenvalue weighted by molar-refractivity contribution is 9.10. The van der Waals surface area contributed by atoms with Crippen LogP contribution in [0, 0.1) is 22.7 Å². The van der Waals surface area contributed by atoms with Gasteiger partial charge in [0.15, 0.2) is 11.5 Å². The third kappa shape index (κ3) is 4.90. The summed E-state index contributed by atoms with van der Waals surface area (Å²) in [6, 6.07) is 6.30. The van der Waals surface area contributed by atoms with Crippen LogP contribution in [0.25, 0.3) is 0 Å². The fraction of sp³-hybridized carbons (Fsp3) is 0.500. The van der Waals surface area contributed by atoms with Crippen LogP contribution < -0.4 is 9.47 Å². The summed E-state index contributed by atoms with van der Waals surface area (Å²) in [5.41, 5.74) is 3.13. The van der Waals surface area contributed by atoms with Gasteiger partial charge in [-0.3, -0.25) is 0 Å². The molecule has 30 heavy (non-hydrogen) atoms. The zero-order valence-corrected chi connectivity index (χ0v) is 20.7. The van der Waals surface area contributed by atoms with Gasteiger partial charge in [0.05, 0.1) is 23.2 Å². The first-order valence-electron chi connectivity index (χ1n) is 10.5. The van der Waals surface area contributed by atoms with Gasteiger partial charge < -0.3 is 9.47 Å². The monoisotopic (exact) mass is 488 g/mol. The van der Waals surface area contributed by atoms with E-state index in [2.05, 4.69) is 42.8 Å². The van der Waals surface area contributed by atoms with Crippen molar-refractivity contribution in [1.29, 1.82) is 5.26 Å². The van der Waals surface area contributed by atoms with E-state index in [9.17, 15) is 5.26 Å². The number of thiophene rings is 1. The number of ether oxygens (including phenoxy) is 2. The molecule has 0 aliphatic heterocycles. The molecular formula is C24H29BrN2O2S. The molecule has 0 N–H and O–H groups in total. The Hall–Kier alpha value is -1.84. The smallest absolute Gasteiger partial charge is 0.175 e. The fourth-order valence-corrected chi connectivity index (χ4v) is 5.66. The van der Waals surface area contributed by atoms with Crippen molar-refractivity contribution >= 4 is 38.5 Å². The maximum atomic E-state index is 9.78. The Balaban J connectivity index is 1.92. The SMILES string of the molecule is CCOc1cc(C=Nc2sc3c(c2C#N)CC[C@H](C(C)(C)C)C3)cc(Br)c1OCC. The largest absolute Gasteiger partial charge is 0.490 e. The van der Waals surface area contributed by atoms with E-state index >= 15 is 0 Å². The summed E-state index contributed by atoms with van der Waals surface area (Å²) in [6.45, 7) is 11.9. The molecule has 0 bridgehead atoms. The lowest BCUT2D eigenvalue weighted by Crippen LogP contribution is -2.26. The van der Waals surface area contributed by atoms with E-state index in [4.69, 9.17) is 14.5 Å². The van der Waals surface area contributed by atoms with Crippen molar-refractivity contribution in [3.8, 4) is 17.6 Å². The van der Waals surface area contributed by atoms with Crippen LogP contribution in [0.5, 0.6) is 11.5 Å². The fourth-order valence-electron chi connectivity index (χ4n) is 3.86. The van der Waals surface area contributed by atoms with Crippen LogP contribution in [0.15, 0.2) is 21.6 Å². The molecule has 160 valence electrons. The topological polar surface area (TPSA) is 54.6 Å². The number of rotatable bonds is 6. The number of aliphatic imine (C=N–C) groups is 1. The minimum atomic E-state index is 0.280. The first-order valence-corrected chi connectivity index (χ1v) is 12.1. The quantitative estimate of drug-likeness (QED) is 0.408. The van der Waals surface area contributed by atoms with Crippen LogP contribution in [0.3, 0.4) is 0 Å². The zero-order valence-electron chi connectivity index (χ0n) is 18.3. The number of nitriles is 1. The van der Waals surface area contributed by atoms with Crippen LogP contribution in [-0.4, -0.2) is 19.4 Å². The van der Waals surface area contributed by atoms with Gasteiger partial charge in [-0.15, -0.1) is 11.3 Å². The average Bonchev–Trinajstić information content (AvgIpc) is 3.05. The van der Waals surface area contributed by atoms with E-state index in [1.54, 1.807) is 11.3 Å². The number of fused-ring (bicyclic) bond motifs is 1. The van der Waals surface area contributed by atoms with Crippen molar-refractivity contribution in [2.75, 3.05) is 13.2 Å². The predicted molar refractivity (Wildman–Crippen MR) is 128 cm³/mol. The van der Waals surface area contributed by atoms with Crippen molar-refractivity contribution in [2.24, 2.45) is 16.3 Å². The molecule has 1 aromatic carbocycles. The minimum absolute atomic E-state index is 0.280. The summed E-state index contributed by atoms with van der Waals surface area (Å²) >= 11 is 5.25. The number of halogens is 1. The van der Waals surface area contributed by atoms with Crippen molar-refractivity contribution in [3.05, 3.63) is 38.2 Å². The average molecular weight is 489 g/mol. The number of benzene rings is 1. The summed E-state index contributed by atoms with van der Waals surface area (Å²) in [6.07, 6.45) is 4.95. The van der Waals surface area contributed by atoms with Gasteiger partial charge in [0.1, 0.15) is 11.1 Å². The molecule has 0 amide bonds. The van der Waals surface area contributed by atoms with Crippen LogP contribution in [0.1, 0.15) is 62.6 Å². The Morgan fingerprint density at radius 1 is 1.27 bits per heavy atom. The first-order chi connectivity index (χ1) is 14.3. The second-order valence-electron chi connectivity index (χ2n) is 8.56. The van der Waals surface area contributed by atoms with Gasteiger partial charge in [-0.05, 0) is 83.6 Å². The molecule has 2 aromatic rings. The van der Waals surface area contributed by atoms with Crippen molar-refractivity contribution in [1.82, 2.24) is 0 Å². The molecule has 0 fully saturated rings. The van der Waals surface area contributed by atoms with E-state index in [0.29, 0.717) is 30.6 Å². The molecule has 3 rings (SSSR count). The van der Waals surface area contributed by atoms with E-state index in [-0.39, 0.29) is 5.41 Å². The van der Waals surface area contributed by atoms with Gasteiger partial charge in [-0.25, -0.2) is 4.99 Å². The Labute approximate surface area is 192 Å². The molecule has 1 aromatic heterocycles. The Morgan fingerprint density at radius 3 is 2.63 bits per heavy atom. The lowest BCUT2D eigenvalue weighted by molar-refractivity contribution is 0.218. The molecule has 0 spiro atoms. The van der Waals surface area contributed by atoms with Crippen LogP contribution in [0.4, 0.5) is 5.00 Å². The normalized spacial score (nSPS) is 16.4. The van der Waals surface area contributed by atoms with E-state index in [1.807, 2.05) is 32.2 Å². The highest BCUT2D eigenvalue weighted by Gasteiger charge is 2.32. The molecule has 6 heteroatoms. The van der Waals surface area contributed by atoms with Gasteiger partial charge in [0.2, 0.25) is 0 Å². The lowest BCUT2D eigenvalue weighted by Gasteiger charge is -2.33.